The molecule has 11 heteroatoms. The monoisotopic (exact) mass is 475 g/mol. The van der Waals surface area contributed by atoms with E-state index >= 15 is 0 Å². The predicted molar refractivity (Wildman–Crippen MR) is 118 cm³/mol. The van der Waals surface area contributed by atoms with Crippen LogP contribution in [-0.4, -0.2) is 43.4 Å². The van der Waals surface area contributed by atoms with Gasteiger partial charge in [0.25, 0.3) is 11.8 Å². The van der Waals surface area contributed by atoms with Crippen LogP contribution in [0.25, 0.3) is 0 Å². The molecule has 0 saturated carbocycles. The minimum Gasteiger partial charge on any atom is -0.465 e. The number of nitrogens with one attached hydrogen (secondary N) is 3. The van der Waals surface area contributed by atoms with E-state index in [9.17, 15) is 24.0 Å². The minimum absolute atomic E-state index is 0.0450. The average Bonchev–Trinajstić information content (AvgIpc) is 2.81. The van der Waals surface area contributed by atoms with Crippen molar-refractivity contribution in [3.05, 3.63) is 64.7 Å². The first kappa shape index (κ1) is 25.3. The van der Waals surface area contributed by atoms with Crippen molar-refractivity contribution >= 4 is 46.9 Å². The highest BCUT2D eigenvalue weighted by Crippen LogP contribution is 2.14. The van der Waals surface area contributed by atoms with Gasteiger partial charge in [-0.3, -0.25) is 30.0 Å². The van der Waals surface area contributed by atoms with Gasteiger partial charge in [-0.05, 0) is 42.8 Å². The van der Waals surface area contributed by atoms with E-state index in [1.54, 1.807) is 18.2 Å². The number of halogens is 1. The van der Waals surface area contributed by atoms with Crippen LogP contribution in [-0.2, 0) is 23.9 Å². The van der Waals surface area contributed by atoms with E-state index in [0.717, 1.165) is 0 Å². The Morgan fingerprint density at radius 2 is 1.58 bits per heavy atom. The molecule has 0 radical (unpaired) electrons. The number of methoxy groups -OCH3 is 1. The van der Waals surface area contributed by atoms with Crippen molar-refractivity contribution in [3.8, 4) is 0 Å². The topological polar surface area (TPSA) is 140 Å². The summed E-state index contributed by atoms with van der Waals surface area (Å²) in [5, 5.41) is 2.76. The van der Waals surface area contributed by atoms with E-state index in [1.165, 1.54) is 37.4 Å². The second-order valence-electron chi connectivity index (χ2n) is 6.61. The molecule has 33 heavy (non-hydrogen) atoms. The van der Waals surface area contributed by atoms with E-state index in [1.807, 2.05) is 0 Å². The molecule has 0 spiro atoms. The third kappa shape index (κ3) is 8.62. The van der Waals surface area contributed by atoms with Crippen molar-refractivity contribution in [2.45, 2.75) is 19.3 Å². The Balaban J connectivity index is 1.62. The molecule has 2 aromatic rings. The lowest BCUT2D eigenvalue weighted by Crippen LogP contribution is -2.41. The normalized spacial score (nSPS) is 10.0. The smallest absolute Gasteiger partial charge is 0.337 e. The van der Waals surface area contributed by atoms with Gasteiger partial charge in [0.15, 0.2) is 6.61 Å². The second-order valence-corrected chi connectivity index (χ2v) is 7.02. The van der Waals surface area contributed by atoms with Gasteiger partial charge in [0.05, 0.1) is 23.3 Å². The summed E-state index contributed by atoms with van der Waals surface area (Å²) in [5.41, 5.74) is 5.42. The van der Waals surface area contributed by atoms with Gasteiger partial charge in [0, 0.05) is 18.5 Å². The summed E-state index contributed by atoms with van der Waals surface area (Å²) in [6.45, 7) is -0.502. The summed E-state index contributed by atoms with van der Waals surface area (Å²) in [6.07, 6.45) is 0.0207. The van der Waals surface area contributed by atoms with Gasteiger partial charge in [-0.25, -0.2) is 4.79 Å². The molecule has 0 unspecified atom stereocenters. The maximum atomic E-state index is 11.9. The Kier molecular flexibility index (Phi) is 9.84. The highest BCUT2D eigenvalue weighted by atomic mass is 35.5. The maximum absolute atomic E-state index is 11.9. The summed E-state index contributed by atoms with van der Waals surface area (Å²) in [6, 6.07) is 12.3. The van der Waals surface area contributed by atoms with E-state index in [-0.39, 0.29) is 29.8 Å². The molecule has 174 valence electrons. The number of anilines is 1. The van der Waals surface area contributed by atoms with Crippen molar-refractivity contribution in [1.29, 1.82) is 0 Å². The third-order valence-corrected chi connectivity index (χ3v) is 4.50. The van der Waals surface area contributed by atoms with Gasteiger partial charge < -0.3 is 14.8 Å². The molecule has 0 bridgehead atoms. The van der Waals surface area contributed by atoms with E-state index in [0.29, 0.717) is 11.3 Å². The minimum atomic E-state index is -0.654. The highest BCUT2D eigenvalue weighted by molar-refractivity contribution is 6.33. The number of amides is 3. The van der Waals surface area contributed by atoms with Crippen LogP contribution in [0.2, 0.25) is 5.02 Å². The quantitative estimate of drug-likeness (QED) is 0.373. The Hall–Kier alpha value is -3.92. The van der Waals surface area contributed by atoms with Crippen LogP contribution in [0.4, 0.5) is 5.69 Å². The van der Waals surface area contributed by atoms with E-state index in [2.05, 4.69) is 20.9 Å². The van der Waals surface area contributed by atoms with Crippen LogP contribution in [0.1, 0.15) is 40.0 Å². The van der Waals surface area contributed by atoms with Gasteiger partial charge in [-0.2, -0.15) is 0 Å². The fourth-order valence-electron chi connectivity index (χ4n) is 2.52. The molecule has 0 aliphatic heterocycles. The molecule has 0 heterocycles. The molecule has 0 aromatic heterocycles. The number of hydrogen-bond acceptors (Lipinski definition) is 7. The lowest BCUT2D eigenvalue weighted by Gasteiger charge is -2.09. The molecule has 10 nitrogen and oxygen atoms in total. The SMILES string of the molecule is COC(=O)c1ccc(NC(=O)COC(=O)CCCC(=O)NNC(=O)c2ccccc2Cl)cc1. The first-order valence-corrected chi connectivity index (χ1v) is 10.2. The summed E-state index contributed by atoms with van der Waals surface area (Å²) >= 11 is 5.90. The first-order chi connectivity index (χ1) is 15.8. The fourth-order valence-corrected chi connectivity index (χ4v) is 2.74. The van der Waals surface area contributed by atoms with Crippen LogP contribution < -0.4 is 16.2 Å². The second kappa shape index (κ2) is 12.8. The lowest BCUT2D eigenvalue weighted by atomic mass is 10.2. The van der Waals surface area contributed by atoms with Crippen molar-refractivity contribution < 1.29 is 33.4 Å². The molecule has 0 aliphatic carbocycles. The van der Waals surface area contributed by atoms with Crippen LogP contribution in [0.15, 0.2) is 48.5 Å². The van der Waals surface area contributed by atoms with Crippen molar-refractivity contribution in [2.75, 3.05) is 19.0 Å². The highest BCUT2D eigenvalue weighted by Gasteiger charge is 2.12. The Morgan fingerprint density at radius 1 is 0.879 bits per heavy atom. The first-order valence-electron chi connectivity index (χ1n) is 9.77. The Labute approximate surface area is 194 Å². The van der Waals surface area contributed by atoms with Crippen molar-refractivity contribution in [2.24, 2.45) is 0 Å². The third-order valence-electron chi connectivity index (χ3n) is 4.17. The lowest BCUT2D eigenvalue weighted by molar-refractivity contribution is -0.147. The fraction of sp³-hybridized carbons (Fsp3) is 0.227. The predicted octanol–water partition coefficient (Wildman–Crippen LogP) is 2.24. The number of esters is 2. The standard InChI is InChI=1S/C22H22ClN3O7/c1-32-22(31)14-9-11-15(12-10-14)24-19(28)13-33-20(29)8-4-7-18(27)25-26-21(30)16-5-2-3-6-17(16)23/h2-3,5-6,9-12H,4,7-8,13H2,1H3,(H,24,28)(H,25,27)(H,26,30). The van der Waals surface area contributed by atoms with Crippen molar-refractivity contribution in [1.82, 2.24) is 10.9 Å². The molecular weight excluding hydrogens is 454 g/mol. The number of carbonyl (C=O) groups excluding carboxylic acids is 5. The van der Waals surface area contributed by atoms with Gasteiger partial charge in [-0.1, -0.05) is 23.7 Å². The summed E-state index contributed by atoms with van der Waals surface area (Å²) in [4.78, 5) is 58.7. The van der Waals surface area contributed by atoms with E-state index in [4.69, 9.17) is 16.3 Å². The molecule has 2 aromatic carbocycles. The maximum Gasteiger partial charge on any atom is 0.337 e. The summed E-state index contributed by atoms with van der Waals surface area (Å²) < 4.78 is 9.45. The van der Waals surface area contributed by atoms with Crippen LogP contribution in [0.5, 0.6) is 0 Å². The molecular formula is C22H22ClN3O7. The molecule has 3 N–H and O–H groups in total. The van der Waals surface area contributed by atoms with Gasteiger partial charge in [-0.15, -0.1) is 0 Å². The zero-order valence-electron chi connectivity index (χ0n) is 17.7. The number of ether oxygens (including phenoxy) is 2. The van der Waals surface area contributed by atoms with Gasteiger partial charge >= 0.3 is 11.9 Å². The molecule has 0 atom stereocenters. The summed E-state index contributed by atoms with van der Waals surface area (Å²) in [7, 11) is 1.26. The van der Waals surface area contributed by atoms with Crippen LogP contribution >= 0.6 is 11.6 Å². The number of carbonyl (C=O) groups is 5. The van der Waals surface area contributed by atoms with Gasteiger partial charge in [0.1, 0.15) is 0 Å². The number of benzene rings is 2. The molecule has 0 saturated heterocycles. The molecule has 3 amide bonds. The Bertz CT molecular complexity index is 1020. The molecule has 0 fully saturated rings. The zero-order chi connectivity index (χ0) is 24.2. The Morgan fingerprint density at radius 3 is 2.24 bits per heavy atom. The van der Waals surface area contributed by atoms with Crippen LogP contribution in [0, 0.1) is 0 Å². The molecule has 0 aliphatic rings. The zero-order valence-corrected chi connectivity index (χ0v) is 18.4. The van der Waals surface area contributed by atoms with E-state index < -0.39 is 36.3 Å². The number of rotatable bonds is 9. The van der Waals surface area contributed by atoms with Gasteiger partial charge in [0.2, 0.25) is 5.91 Å². The molecule has 2 rings (SSSR count). The van der Waals surface area contributed by atoms with Crippen LogP contribution in [0.3, 0.4) is 0 Å². The summed E-state index contributed by atoms with van der Waals surface area (Å²) in [5.74, 6) is -2.79. The number of hydrogen-bond donors (Lipinski definition) is 3. The van der Waals surface area contributed by atoms with Crippen molar-refractivity contribution in [3.63, 3.8) is 0 Å². The largest absolute Gasteiger partial charge is 0.465 e. The average molecular weight is 476 g/mol. The number of hydrazine groups is 1.